The summed E-state index contributed by atoms with van der Waals surface area (Å²) >= 11 is 6.87. The number of anilines is 1. The molecule has 3 aromatic rings. The van der Waals surface area contributed by atoms with Gasteiger partial charge in [0.15, 0.2) is 6.61 Å². The first-order valence-electron chi connectivity index (χ1n) is 8.88. The Labute approximate surface area is 190 Å². The van der Waals surface area contributed by atoms with Gasteiger partial charge >= 0.3 is 0 Å². The Morgan fingerprint density at radius 3 is 2.17 bits per heavy atom. The summed E-state index contributed by atoms with van der Waals surface area (Å²) in [6.07, 6.45) is 1.52. The van der Waals surface area contributed by atoms with Crippen LogP contribution in [0.2, 0.25) is 0 Å². The second-order valence-electron chi connectivity index (χ2n) is 6.08. The quantitative estimate of drug-likeness (QED) is 0.333. The van der Waals surface area contributed by atoms with Crippen molar-refractivity contribution in [1.82, 2.24) is 5.43 Å². The van der Waals surface area contributed by atoms with Crippen molar-refractivity contribution < 1.29 is 14.3 Å². The molecule has 0 saturated heterocycles. The highest BCUT2D eigenvalue weighted by Crippen LogP contribution is 2.34. The number of amides is 2. The predicted molar refractivity (Wildman–Crippen MR) is 124 cm³/mol. The number of nitrogens with one attached hydrogen (secondary N) is 2. The van der Waals surface area contributed by atoms with Gasteiger partial charge in [-0.1, -0.05) is 36.4 Å². The Balaban J connectivity index is 1.58. The van der Waals surface area contributed by atoms with E-state index in [1.54, 1.807) is 48.5 Å². The summed E-state index contributed by atoms with van der Waals surface area (Å²) in [6.45, 7) is -0.146. The molecular weight excluding hydrogens is 514 g/mol. The molecule has 0 unspecified atom stereocenters. The third kappa shape index (κ3) is 6.27. The zero-order valence-corrected chi connectivity index (χ0v) is 18.8. The molecule has 3 aromatic carbocycles. The standard InChI is InChI=1S/C22H17Br2N3O3/c23-18-11-15(13-25-27-22(29)16-7-3-1-4-8-16)12-19(24)21(18)30-14-20(28)26-17-9-5-2-6-10-17/h1-13H,14H2,(H,26,28)(H,27,29)/b25-13+. The number of halogens is 2. The molecule has 0 radical (unpaired) electrons. The number of carbonyl (C=O) groups is 2. The highest BCUT2D eigenvalue weighted by atomic mass is 79.9. The molecule has 0 aliphatic carbocycles. The number of hydrogen-bond donors (Lipinski definition) is 2. The molecule has 0 aliphatic heterocycles. The summed E-state index contributed by atoms with van der Waals surface area (Å²) in [4.78, 5) is 24.1. The fourth-order valence-electron chi connectivity index (χ4n) is 2.47. The van der Waals surface area contributed by atoms with Gasteiger partial charge in [-0.15, -0.1) is 0 Å². The first kappa shape index (κ1) is 21.7. The molecule has 0 spiro atoms. The van der Waals surface area contributed by atoms with Gasteiger partial charge < -0.3 is 10.1 Å². The van der Waals surface area contributed by atoms with Gasteiger partial charge in [0, 0.05) is 11.3 Å². The maximum atomic E-state index is 12.1. The largest absolute Gasteiger partial charge is 0.481 e. The van der Waals surface area contributed by atoms with Crippen molar-refractivity contribution in [2.45, 2.75) is 0 Å². The Bertz CT molecular complexity index is 1030. The smallest absolute Gasteiger partial charge is 0.271 e. The van der Waals surface area contributed by atoms with Crippen LogP contribution in [-0.4, -0.2) is 24.6 Å². The predicted octanol–water partition coefficient (Wildman–Crippen LogP) is 4.99. The van der Waals surface area contributed by atoms with Gasteiger partial charge in [-0.05, 0) is 73.8 Å². The van der Waals surface area contributed by atoms with Crippen molar-refractivity contribution in [2.24, 2.45) is 5.10 Å². The van der Waals surface area contributed by atoms with Gasteiger partial charge in [-0.2, -0.15) is 5.10 Å². The SMILES string of the molecule is O=C(COc1c(Br)cc(/C=N/NC(=O)c2ccccc2)cc1Br)Nc1ccccc1. The number of hydrogen-bond acceptors (Lipinski definition) is 4. The number of hydrazone groups is 1. The molecule has 6 nitrogen and oxygen atoms in total. The summed E-state index contributed by atoms with van der Waals surface area (Å²) in [5, 5.41) is 6.74. The van der Waals surface area contributed by atoms with Crippen molar-refractivity contribution in [3.8, 4) is 5.75 Å². The van der Waals surface area contributed by atoms with Gasteiger partial charge in [0.05, 0.1) is 15.2 Å². The molecule has 30 heavy (non-hydrogen) atoms. The van der Waals surface area contributed by atoms with E-state index in [0.717, 1.165) is 5.56 Å². The van der Waals surface area contributed by atoms with E-state index >= 15 is 0 Å². The topological polar surface area (TPSA) is 79.8 Å². The van der Waals surface area contributed by atoms with Crippen LogP contribution in [-0.2, 0) is 4.79 Å². The maximum absolute atomic E-state index is 12.1. The molecule has 0 heterocycles. The van der Waals surface area contributed by atoms with E-state index in [2.05, 4.69) is 47.7 Å². The molecule has 152 valence electrons. The lowest BCUT2D eigenvalue weighted by molar-refractivity contribution is -0.118. The highest BCUT2D eigenvalue weighted by molar-refractivity contribution is 9.11. The monoisotopic (exact) mass is 529 g/mol. The third-order valence-electron chi connectivity index (χ3n) is 3.84. The molecule has 2 N–H and O–H groups in total. The van der Waals surface area contributed by atoms with Crippen LogP contribution in [0.1, 0.15) is 15.9 Å². The van der Waals surface area contributed by atoms with E-state index in [9.17, 15) is 9.59 Å². The van der Waals surface area contributed by atoms with Crippen molar-refractivity contribution >= 4 is 55.6 Å². The van der Waals surface area contributed by atoms with Crippen LogP contribution < -0.4 is 15.5 Å². The second-order valence-corrected chi connectivity index (χ2v) is 7.79. The second kappa shape index (κ2) is 10.7. The van der Waals surface area contributed by atoms with E-state index in [-0.39, 0.29) is 18.4 Å². The van der Waals surface area contributed by atoms with Crippen molar-refractivity contribution in [3.63, 3.8) is 0 Å². The summed E-state index contributed by atoms with van der Waals surface area (Å²) in [7, 11) is 0. The number of carbonyl (C=O) groups excluding carboxylic acids is 2. The lowest BCUT2D eigenvalue weighted by Gasteiger charge is -2.11. The zero-order valence-electron chi connectivity index (χ0n) is 15.6. The van der Waals surface area contributed by atoms with Gasteiger partial charge in [-0.3, -0.25) is 9.59 Å². The number of para-hydroxylation sites is 1. The molecule has 0 saturated carbocycles. The molecule has 0 fully saturated rings. The average molecular weight is 531 g/mol. The Morgan fingerprint density at radius 1 is 0.933 bits per heavy atom. The number of nitrogens with zero attached hydrogens (tertiary/aromatic N) is 1. The van der Waals surface area contributed by atoms with Crippen LogP contribution >= 0.6 is 31.9 Å². The van der Waals surface area contributed by atoms with Gasteiger partial charge in [-0.25, -0.2) is 5.43 Å². The molecule has 0 bridgehead atoms. The first-order valence-corrected chi connectivity index (χ1v) is 10.5. The number of benzene rings is 3. The van der Waals surface area contributed by atoms with Crippen molar-refractivity contribution in [1.29, 1.82) is 0 Å². The lowest BCUT2D eigenvalue weighted by atomic mass is 10.2. The average Bonchev–Trinajstić information content (AvgIpc) is 2.74. The fourth-order valence-corrected chi connectivity index (χ4v) is 3.92. The van der Waals surface area contributed by atoms with E-state index in [4.69, 9.17) is 4.74 Å². The highest BCUT2D eigenvalue weighted by Gasteiger charge is 2.11. The Kier molecular flexibility index (Phi) is 7.75. The summed E-state index contributed by atoms with van der Waals surface area (Å²) in [5.41, 5.74) is 4.43. The lowest BCUT2D eigenvalue weighted by Crippen LogP contribution is -2.20. The number of rotatable bonds is 7. The summed E-state index contributed by atoms with van der Waals surface area (Å²) in [5.74, 6) is -0.0766. The van der Waals surface area contributed by atoms with Crippen LogP contribution in [0.25, 0.3) is 0 Å². The minimum Gasteiger partial charge on any atom is -0.481 e. The third-order valence-corrected chi connectivity index (χ3v) is 5.02. The molecule has 2 amide bonds. The maximum Gasteiger partial charge on any atom is 0.271 e. The molecule has 8 heteroatoms. The van der Waals surface area contributed by atoms with Crippen molar-refractivity contribution in [2.75, 3.05) is 11.9 Å². The van der Waals surface area contributed by atoms with Gasteiger partial charge in [0.1, 0.15) is 5.75 Å². The molecule has 0 aromatic heterocycles. The Morgan fingerprint density at radius 2 is 1.53 bits per heavy atom. The normalized spacial score (nSPS) is 10.6. The fraction of sp³-hybridized carbons (Fsp3) is 0.0455. The van der Waals surface area contributed by atoms with Crippen molar-refractivity contribution in [3.05, 3.63) is 92.9 Å². The number of ether oxygens (including phenoxy) is 1. The van der Waals surface area contributed by atoms with Gasteiger partial charge in [0.2, 0.25) is 0 Å². The summed E-state index contributed by atoms with van der Waals surface area (Å²) in [6, 6.07) is 21.5. The minimum atomic E-state index is -0.297. The molecule has 3 rings (SSSR count). The van der Waals surface area contributed by atoms with E-state index < -0.39 is 0 Å². The van der Waals surface area contributed by atoms with E-state index in [1.165, 1.54) is 6.21 Å². The van der Waals surface area contributed by atoms with Crippen LogP contribution in [0.3, 0.4) is 0 Å². The Hall–Kier alpha value is -2.97. The van der Waals surface area contributed by atoms with Gasteiger partial charge in [0.25, 0.3) is 11.8 Å². The zero-order chi connectivity index (χ0) is 21.3. The first-order chi connectivity index (χ1) is 14.5. The minimum absolute atomic E-state index is 0.146. The van der Waals surface area contributed by atoms with E-state index in [0.29, 0.717) is 25.9 Å². The van der Waals surface area contributed by atoms with Crippen LogP contribution in [0.4, 0.5) is 5.69 Å². The van der Waals surface area contributed by atoms with E-state index in [1.807, 2.05) is 24.3 Å². The van der Waals surface area contributed by atoms with Crippen LogP contribution in [0.5, 0.6) is 5.75 Å². The molecule has 0 aliphatic rings. The molecular formula is C22H17Br2N3O3. The molecule has 0 atom stereocenters. The summed E-state index contributed by atoms with van der Waals surface area (Å²) < 4.78 is 6.92. The van der Waals surface area contributed by atoms with Crippen LogP contribution in [0.15, 0.2) is 86.8 Å². The van der Waals surface area contributed by atoms with Crippen LogP contribution in [0, 0.1) is 0 Å².